The van der Waals surface area contributed by atoms with E-state index in [4.69, 9.17) is 0 Å². The van der Waals surface area contributed by atoms with Crippen LogP contribution < -0.4 is 5.32 Å². The molecule has 0 saturated heterocycles. The molecule has 0 aliphatic heterocycles. The van der Waals surface area contributed by atoms with Crippen LogP contribution in [0.1, 0.15) is 32.1 Å². The number of rotatable bonds is 4. The largest absolute Gasteiger partial charge is 0.353 e. The third-order valence-electron chi connectivity index (χ3n) is 3.12. The summed E-state index contributed by atoms with van der Waals surface area (Å²) in [5, 5.41) is 10.2. The van der Waals surface area contributed by atoms with Gasteiger partial charge < -0.3 is 5.32 Å². The van der Waals surface area contributed by atoms with Crippen molar-refractivity contribution < 1.29 is 13.6 Å². The number of aryl methyl sites for hydroxylation is 1. The van der Waals surface area contributed by atoms with Crippen molar-refractivity contribution in [1.29, 1.82) is 0 Å². The van der Waals surface area contributed by atoms with Crippen molar-refractivity contribution in [3.8, 4) is 0 Å². The van der Waals surface area contributed by atoms with Gasteiger partial charge in [-0.25, -0.2) is 8.78 Å². The molecule has 1 heterocycles. The number of aromatic nitrogens is 3. The van der Waals surface area contributed by atoms with E-state index in [0.29, 0.717) is 19.4 Å². The highest BCUT2D eigenvalue weighted by atomic mass is 19.3. The lowest BCUT2D eigenvalue weighted by Crippen LogP contribution is -2.40. The average Bonchev–Trinajstić information content (AvgIpc) is 2.82. The van der Waals surface area contributed by atoms with Gasteiger partial charge in [0.05, 0.1) is 12.7 Å². The fourth-order valence-electron chi connectivity index (χ4n) is 2.05. The average molecular weight is 258 g/mol. The number of halogens is 2. The number of hydrogen-bond donors (Lipinski definition) is 1. The second-order valence-electron chi connectivity index (χ2n) is 4.61. The zero-order valence-corrected chi connectivity index (χ0v) is 9.98. The van der Waals surface area contributed by atoms with Gasteiger partial charge in [0.15, 0.2) is 0 Å². The van der Waals surface area contributed by atoms with Crippen LogP contribution in [0.25, 0.3) is 0 Å². The van der Waals surface area contributed by atoms with Gasteiger partial charge in [0.2, 0.25) is 11.8 Å². The van der Waals surface area contributed by atoms with E-state index in [1.165, 1.54) is 0 Å². The smallest absolute Gasteiger partial charge is 0.248 e. The minimum Gasteiger partial charge on any atom is -0.353 e. The van der Waals surface area contributed by atoms with E-state index >= 15 is 0 Å². The van der Waals surface area contributed by atoms with E-state index in [-0.39, 0.29) is 31.2 Å². The molecule has 0 unspecified atom stereocenters. The summed E-state index contributed by atoms with van der Waals surface area (Å²) in [6.07, 6.45) is 3.93. The van der Waals surface area contributed by atoms with Gasteiger partial charge in [0, 0.05) is 31.5 Å². The number of nitrogens with one attached hydrogen (secondary N) is 1. The molecule has 0 aromatic carbocycles. The van der Waals surface area contributed by atoms with E-state index < -0.39 is 5.92 Å². The molecule has 1 aromatic heterocycles. The van der Waals surface area contributed by atoms with E-state index in [1.807, 2.05) is 0 Å². The maximum absolute atomic E-state index is 12.9. The van der Waals surface area contributed by atoms with Gasteiger partial charge in [-0.05, 0) is 12.8 Å². The Labute approximate surface area is 104 Å². The molecule has 100 valence electrons. The van der Waals surface area contributed by atoms with Gasteiger partial charge in [0.25, 0.3) is 0 Å². The molecule has 1 amide bonds. The lowest BCUT2D eigenvalue weighted by Gasteiger charge is -2.28. The minimum atomic E-state index is -2.55. The summed E-state index contributed by atoms with van der Waals surface area (Å²) in [5.74, 6) is -2.68. The maximum atomic E-state index is 12.9. The molecule has 1 aliphatic rings. The van der Waals surface area contributed by atoms with Gasteiger partial charge in [-0.1, -0.05) is 5.21 Å². The highest BCUT2D eigenvalue weighted by Crippen LogP contribution is 2.32. The second kappa shape index (κ2) is 5.41. The standard InChI is InChI=1S/C11H16F2N4O/c12-11(13)4-1-9(2-5-11)15-10(18)3-7-17-8-6-14-16-17/h6,8-9H,1-5,7H2,(H,15,18). The fraction of sp³-hybridized carbons (Fsp3) is 0.727. The summed E-state index contributed by atoms with van der Waals surface area (Å²) < 4.78 is 27.4. The van der Waals surface area contributed by atoms with Gasteiger partial charge in [0.1, 0.15) is 0 Å². The van der Waals surface area contributed by atoms with Crippen molar-refractivity contribution in [2.75, 3.05) is 0 Å². The van der Waals surface area contributed by atoms with Crippen LogP contribution in [-0.4, -0.2) is 32.9 Å². The highest BCUT2D eigenvalue weighted by Gasteiger charge is 2.35. The van der Waals surface area contributed by atoms with E-state index in [9.17, 15) is 13.6 Å². The van der Waals surface area contributed by atoms with Crippen LogP contribution in [0, 0.1) is 0 Å². The van der Waals surface area contributed by atoms with E-state index in [1.54, 1.807) is 17.1 Å². The zero-order chi connectivity index (χ0) is 13.0. The molecular weight excluding hydrogens is 242 g/mol. The van der Waals surface area contributed by atoms with Crippen LogP contribution >= 0.6 is 0 Å². The van der Waals surface area contributed by atoms with Crippen molar-refractivity contribution in [2.24, 2.45) is 0 Å². The fourth-order valence-corrected chi connectivity index (χ4v) is 2.05. The predicted octanol–water partition coefficient (Wildman–Crippen LogP) is 1.36. The quantitative estimate of drug-likeness (QED) is 0.887. The van der Waals surface area contributed by atoms with Gasteiger partial charge in [-0.2, -0.15) is 0 Å². The summed E-state index contributed by atoms with van der Waals surface area (Å²) in [4.78, 5) is 11.6. The summed E-state index contributed by atoms with van der Waals surface area (Å²) in [5.41, 5.74) is 0. The number of alkyl halides is 2. The van der Waals surface area contributed by atoms with Crippen molar-refractivity contribution in [1.82, 2.24) is 20.3 Å². The number of hydrogen-bond acceptors (Lipinski definition) is 3. The third kappa shape index (κ3) is 3.75. The number of carbonyl (C=O) groups excluding carboxylic acids is 1. The molecule has 0 radical (unpaired) electrons. The molecule has 1 saturated carbocycles. The maximum Gasteiger partial charge on any atom is 0.248 e. The molecular formula is C11H16F2N4O. The van der Waals surface area contributed by atoms with Crippen molar-refractivity contribution in [3.05, 3.63) is 12.4 Å². The topological polar surface area (TPSA) is 59.8 Å². The first-order valence-electron chi connectivity index (χ1n) is 6.06. The molecule has 7 heteroatoms. The molecule has 2 rings (SSSR count). The number of nitrogens with zero attached hydrogens (tertiary/aromatic N) is 3. The lowest BCUT2D eigenvalue weighted by molar-refractivity contribution is -0.123. The molecule has 1 aliphatic carbocycles. The Morgan fingerprint density at radius 2 is 2.17 bits per heavy atom. The van der Waals surface area contributed by atoms with Crippen LogP contribution in [0.3, 0.4) is 0 Å². The van der Waals surface area contributed by atoms with Crippen LogP contribution in [0.15, 0.2) is 12.4 Å². The molecule has 1 N–H and O–H groups in total. The number of amides is 1. The Morgan fingerprint density at radius 3 is 2.78 bits per heavy atom. The number of carbonyl (C=O) groups is 1. The Kier molecular flexibility index (Phi) is 3.88. The van der Waals surface area contributed by atoms with Crippen molar-refractivity contribution in [3.63, 3.8) is 0 Å². The van der Waals surface area contributed by atoms with E-state index in [2.05, 4.69) is 15.6 Å². The van der Waals surface area contributed by atoms with Crippen LogP contribution in [0.2, 0.25) is 0 Å². The first kappa shape index (κ1) is 12.9. The molecule has 0 atom stereocenters. The molecule has 1 aromatic rings. The summed E-state index contributed by atoms with van der Waals surface area (Å²) in [7, 11) is 0. The lowest BCUT2D eigenvalue weighted by atomic mass is 9.92. The van der Waals surface area contributed by atoms with Gasteiger partial charge in [-0.15, -0.1) is 5.10 Å². The zero-order valence-electron chi connectivity index (χ0n) is 9.98. The molecule has 18 heavy (non-hydrogen) atoms. The van der Waals surface area contributed by atoms with Crippen LogP contribution in [0.4, 0.5) is 8.78 Å². The van der Waals surface area contributed by atoms with Crippen molar-refractivity contribution in [2.45, 2.75) is 50.6 Å². The molecule has 1 fully saturated rings. The summed E-state index contributed by atoms with van der Waals surface area (Å²) in [6.45, 7) is 0.453. The monoisotopic (exact) mass is 258 g/mol. The first-order chi connectivity index (χ1) is 8.55. The van der Waals surface area contributed by atoms with E-state index in [0.717, 1.165) is 0 Å². The second-order valence-corrected chi connectivity index (χ2v) is 4.61. The third-order valence-corrected chi connectivity index (χ3v) is 3.12. The Bertz CT molecular complexity index is 384. The normalized spacial score (nSPS) is 19.7. The Hall–Kier alpha value is -1.53. The molecule has 0 spiro atoms. The van der Waals surface area contributed by atoms with Gasteiger partial charge in [-0.3, -0.25) is 9.48 Å². The highest BCUT2D eigenvalue weighted by molar-refractivity contribution is 5.76. The molecule has 5 nitrogen and oxygen atoms in total. The minimum absolute atomic E-state index is 0.118. The summed E-state index contributed by atoms with van der Waals surface area (Å²) >= 11 is 0. The first-order valence-corrected chi connectivity index (χ1v) is 6.06. The predicted molar refractivity (Wildman–Crippen MR) is 60.0 cm³/mol. The summed E-state index contributed by atoms with van der Waals surface area (Å²) in [6, 6.07) is -0.118. The van der Waals surface area contributed by atoms with Crippen LogP contribution in [0.5, 0.6) is 0 Å². The van der Waals surface area contributed by atoms with Crippen molar-refractivity contribution >= 4 is 5.91 Å². The Balaban J connectivity index is 1.69. The molecule has 0 bridgehead atoms. The van der Waals surface area contributed by atoms with Crippen LogP contribution in [-0.2, 0) is 11.3 Å². The Morgan fingerprint density at radius 1 is 1.44 bits per heavy atom. The SMILES string of the molecule is O=C(CCn1ccnn1)NC1CCC(F)(F)CC1. The van der Waals surface area contributed by atoms with Gasteiger partial charge >= 0.3 is 0 Å².